The Bertz CT molecular complexity index is 1350. The minimum Gasteiger partial charge on any atom is -0.481 e. The number of aliphatic carboxylic acids is 1. The lowest BCUT2D eigenvalue weighted by Gasteiger charge is -2.55. The van der Waals surface area contributed by atoms with Crippen molar-refractivity contribution in [2.75, 3.05) is 6.54 Å². The Morgan fingerprint density at radius 2 is 1.54 bits per heavy atom. The van der Waals surface area contributed by atoms with Gasteiger partial charge in [0.1, 0.15) is 0 Å². The maximum Gasteiger partial charge on any atom is 0.303 e. The van der Waals surface area contributed by atoms with E-state index in [9.17, 15) is 9.90 Å². The third kappa shape index (κ3) is 9.41. The highest BCUT2D eigenvalue weighted by Crippen LogP contribution is 2.61. The molecule has 2 aromatic rings. The normalized spacial score (nSPS) is 29.1. The lowest BCUT2D eigenvalue weighted by molar-refractivity contribution is -0.139. The molecule has 4 aliphatic carbocycles. The van der Waals surface area contributed by atoms with Gasteiger partial charge >= 0.3 is 5.97 Å². The first-order valence-electron chi connectivity index (χ1n) is 20.8. The lowest BCUT2D eigenvalue weighted by atomic mass is 9.49. The first kappa shape index (κ1) is 37.1. The molecule has 6 unspecified atom stereocenters. The second-order valence-corrected chi connectivity index (χ2v) is 17.3. The van der Waals surface area contributed by atoms with Crippen LogP contribution in [0.4, 0.5) is 0 Å². The molecule has 1 spiro atoms. The van der Waals surface area contributed by atoms with E-state index in [-0.39, 0.29) is 23.7 Å². The number of carboxylic acid groups (broad SMARTS) is 1. The fraction of sp³-hybridized carbons (Fsp3) is 0.638. The molecule has 0 radical (unpaired) electrons. The van der Waals surface area contributed by atoms with Gasteiger partial charge in [-0.3, -0.25) is 4.79 Å². The van der Waals surface area contributed by atoms with Crippen molar-refractivity contribution < 1.29 is 9.90 Å². The van der Waals surface area contributed by atoms with Crippen molar-refractivity contribution in [3.05, 3.63) is 96.1 Å². The average molecular weight is 678 g/mol. The Kier molecular flexibility index (Phi) is 13.5. The van der Waals surface area contributed by atoms with E-state index in [0.29, 0.717) is 29.7 Å². The third-order valence-corrected chi connectivity index (χ3v) is 14.1. The Morgan fingerprint density at radius 3 is 2.26 bits per heavy atom. The number of carbonyl (C=O) groups is 1. The molecule has 0 heterocycles. The first-order chi connectivity index (χ1) is 24.5. The van der Waals surface area contributed by atoms with Crippen LogP contribution >= 0.6 is 0 Å². The van der Waals surface area contributed by atoms with Crippen LogP contribution in [0, 0.1) is 40.9 Å². The van der Waals surface area contributed by atoms with Gasteiger partial charge in [-0.05, 0) is 136 Å². The molecule has 0 aromatic heterocycles. The van der Waals surface area contributed by atoms with Gasteiger partial charge in [-0.25, -0.2) is 0 Å². The van der Waals surface area contributed by atoms with Gasteiger partial charge in [-0.15, -0.1) is 0 Å². The van der Waals surface area contributed by atoms with Gasteiger partial charge in [-0.1, -0.05) is 136 Å². The van der Waals surface area contributed by atoms with Crippen LogP contribution in [0.15, 0.2) is 85.0 Å². The van der Waals surface area contributed by atoms with Gasteiger partial charge in [0.15, 0.2) is 0 Å². The Hall–Kier alpha value is -2.65. The standard InChI is InChI=1S/C47H67NO2/c48-33-28-42-40(34-39(25-24-38-19-8-2-9-20-38)21-10-3-7-18-37-16-5-1-6-17-37)26-27-44(43(42)35-45(49)50)47(41-22-11-4-12-23-41)32-15-31-46(36-47)29-13-14-30-46/h2-4,8-12,19-20,22-23,26-27,37,39-40,42-44H,1,5-7,13-18,21,24-25,28-36,48H2,(H,49,50). The van der Waals surface area contributed by atoms with E-state index in [4.69, 9.17) is 5.73 Å². The highest BCUT2D eigenvalue weighted by molar-refractivity contribution is 5.67. The minimum atomic E-state index is -0.646. The molecule has 3 saturated carbocycles. The molecule has 3 heteroatoms. The van der Waals surface area contributed by atoms with Crippen LogP contribution in [0.5, 0.6) is 0 Å². The maximum atomic E-state index is 12.8. The zero-order chi connectivity index (χ0) is 34.7. The van der Waals surface area contributed by atoms with Crippen molar-refractivity contribution in [2.24, 2.45) is 46.7 Å². The Morgan fingerprint density at radius 1 is 0.820 bits per heavy atom. The van der Waals surface area contributed by atoms with Crippen LogP contribution in [-0.2, 0) is 16.6 Å². The number of hydrogen-bond acceptors (Lipinski definition) is 2. The van der Waals surface area contributed by atoms with Crippen molar-refractivity contribution >= 4 is 5.97 Å². The second kappa shape index (κ2) is 18.2. The van der Waals surface area contributed by atoms with Crippen LogP contribution in [0.1, 0.15) is 140 Å². The summed E-state index contributed by atoms with van der Waals surface area (Å²) in [5.74, 6) is 1.84. The summed E-state index contributed by atoms with van der Waals surface area (Å²) in [5, 5.41) is 10.5. The summed E-state index contributed by atoms with van der Waals surface area (Å²) < 4.78 is 0. The van der Waals surface area contributed by atoms with Crippen molar-refractivity contribution in [3.63, 3.8) is 0 Å². The summed E-state index contributed by atoms with van der Waals surface area (Å²) in [6, 6.07) is 22.3. The Balaban J connectivity index is 1.26. The van der Waals surface area contributed by atoms with E-state index in [2.05, 4.69) is 85.0 Å². The van der Waals surface area contributed by atoms with Gasteiger partial charge in [0.2, 0.25) is 0 Å². The molecule has 3 nitrogen and oxygen atoms in total. The van der Waals surface area contributed by atoms with Crippen LogP contribution in [0.2, 0.25) is 0 Å². The summed E-state index contributed by atoms with van der Waals surface area (Å²) in [4.78, 5) is 12.8. The van der Waals surface area contributed by atoms with Gasteiger partial charge < -0.3 is 10.8 Å². The molecular weight excluding hydrogens is 611 g/mol. The zero-order valence-electron chi connectivity index (χ0n) is 31.0. The third-order valence-electron chi connectivity index (χ3n) is 14.1. The molecule has 2 aromatic carbocycles. The average Bonchev–Trinajstić information content (AvgIpc) is 3.59. The first-order valence-corrected chi connectivity index (χ1v) is 20.8. The van der Waals surface area contributed by atoms with Crippen molar-refractivity contribution in [1.82, 2.24) is 0 Å². The van der Waals surface area contributed by atoms with Crippen LogP contribution in [0.25, 0.3) is 0 Å². The summed E-state index contributed by atoms with van der Waals surface area (Å²) >= 11 is 0. The lowest BCUT2D eigenvalue weighted by Crippen LogP contribution is -2.49. The zero-order valence-corrected chi connectivity index (χ0v) is 31.0. The van der Waals surface area contributed by atoms with Crippen molar-refractivity contribution in [2.45, 2.75) is 140 Å². The van der Waals surface area contributed by atoms with Crippen molar-refractivity contribution in [3.8, 4) is 0 Å². The topological polar surface area (TPSA) is 63.3 Å². The molecule has 3 N–H and O–H groups in total. The highest BCUT2D eigenvalue weighted by Gasteiger charge is 2.54. The van der Waals surface area contributed by atoms with Gasteiger partial charge in [0.05, 0.1) is 0 Å². The van der Waals surface area contributed by atoms with Crippen LogP contribution < -0.4 is 5.73 Å². The molecule has 272 valence electrons. The number of hydrogen-bond donors (Lipinski definition) is 2. The van der Waals surface area contributed by atoms with E-state index in [1.165, 1.54) is 107 Å². The molecular formula is C47H67NO2. The van der Waals surface area contributed by atoms with E-state index >= 15 is 0 Å². The monoisotopic (exact) mass is 678 g/mol. The maximum absolute atomic E-state index is 12.8. The fourth-order valence-electron chi connectivity index (χ4n) is 11.7. The number of benzene rings is 2. The quantitative estimate of drug-likeness (QED) is 0.174. The molecule has 4 aliphatic rings. The molecule has 0 amide bonds. The summed E-state index contributed by atoms with van der Waals surface area (Å²) in [5.41, 5.74) is 9.71. The van der Waals surface area contributed by atoms with Gasteiger partial charge in [-0.2, -0.15) is 0 Å². The number of nitrogens with two attached hydrogens (primary N) is 1. The minimum absolute atomic E-state index is 0.00787. The number of allylic oxidation sites excluding steroid dienone is 4. The van der Waals surface area contributed by atoms with E-state index in [1.807, 2.05) is 0 Å². The summed E-state index contributed by atoms with van der Waals surface area (Å²) in [7, 11) is 0. The molecule has 6 rings (SSSR count). The second-order valence-electron chi connectivity index (χ2n) is 17.3. The van der Waals surface area contributed by atoms with Gasteiger partial charge in [0.25, 0.3) is 0 Å². The molecule has 0 bridgehead atoms. The molecule has 6 atom stereocenters. The summed E-state index contributed by atoms with van der Waals surface area (Å²) in [6.07, 6.45) is 35.8. The fourth-order valence-corrected chi connectivity index (χ4v) is 11.7. The van der Waals surface area contributed by atoms with Crippen molar-refractivity contribution in [1.29, 1.82) is 0 Å². The number of carboxylic acids is 1. The largest absolute Gasteiger partial charge is 0.481 e. The van der Waals surface area contributed by atoms with E-state index in [0.717, 1.165) is 38.0 Å². The smallest absolute Gasteiger partial charge is 0.303 e. The molecule has 3 fully saturated rings. The summed E-state index contributed by atoms with van der Waals surface area (Å²) in [6.45, 7) is 0.621. The SMILES string of the molecule is NCCC1C(CC(CC=CCCC2CCCCC2)CCc2ccccc2)C=CC(C2(c3ccccc3)CCCC3(CCCC3)C2)C1CC(=O)O. The number of aryl methyl sites for hydroxylation is 1. The molecule has 0 aliphatic heterocycles. The number of rotatable bonds is 16. The molecule has 0 saturated heterocycles. The Labute approximate surface area is 304 Å². The van der Waals surface area contributed by atoms with E-state index < -0.39 is 5.97 Å². The van der Waals surface area contributed by atoms with Crippen LogP contribution in [0.3, 0.4) is 0 Å². The highest BCUT2D eigenvalue weighted by atomic mass is 16.4. The van der Waals surface area contributed by atoms with E-state index in [1.54, 1.807) is 0 Å². The predicted octanol–water partition coefficient (Wildman–Crippen LogP) is 11.9. The predicted molar refractivity (Wildman–Crippen MR) is 209 cm³/mol. The van der Waals surface area contributed by atoms with Crippen LogP contribution in [-0.4, -0.2) is 17.6 Å². The molecule has 50 heavy (non-hydrogen) atoms. The van der Waals surface area contributed by atoms with Gasteiger partial charge in [0, 0.05) is 11.8 Å².